The van der Waals surface area contributed by atoms with Crippen molar-refractivity contribution in [2.24, 2.45) is 0 Å². The molecule has 0 spiro atoms. The molecule has 1 N–H and O–H groups in total. The van der Waals surface area contributed by atoms with Crippen LogP contribution in [0.4, 0.5) is 5.69 Å². The van der Waals surface area contributed by atoms with Crippen molar-refractivity contribution >= 4 is 45.1 Å². The van der Waals surface area contributed by atoms with E-state index < -0.39 is 5.97 Å². The summed E-state index contributed by atoms with van der Waals surface area (Å²) in [6.45, 7) is 2.00. The zero-order valence-corrected chi connectivity index (χ0v) is 14.1. The van der Waals surface area contributed by atoms with E-state index >= 15 is 0 Å². The zero-order valence-electron chi connectivity index (χ0n) is 11.7. The Hall–Kier alpha value is -1.85. The second-order valence-electron chi connectivity index (χ2n) is 4.38. The zero-order chi connectivity index (χ0) is 16.1. The number of carbonyl (C=O) groups excluding carboxylic acids is 2. The van der Waals surface area contributed by atoms with Gasteiger partial charge in [-0.25, -0.2) is 4.79 Å². The minimum atomic E-state index is -0.488. The van der Waals surface area contributed by atoms with E-state index in [0.717, 1.165) is 4.47 Å². The van der Waals surface area contributed by atoms with Crippen LogP contribution in [0.3, 0.4) is 0 Å². The molecule has 0 aromatic heterocycles. The van der Waals surface area contributed by atoms with Gasteiger partial charge in [-0.1, -0.05) is 27.5 Å². The maximum Gasteiger partial charge on any atom is 0.339 e. The Morgan fingerprint density at radius 1 is 1.18 bits per heavy atom. The number of amides is 1. The van der Waals surface area contributed by atoms with Crippen LogP contribution in [-0.2, 0) is 4.74 Å². The number of halogens is 2. The molecule has 0 saturated heterocycles. The van der Waals surface area contributed by atoms with Gasteiger partial charge >= 0.3 is 5.97 Å². The van der Waals surface area contributed by atoms with E-state index in [1.807, 2.05) is 0 Å². The quantitative estimate of drug-likeness (QED) is 0.790. The summed E-state index contributed by atoms with van der Waals surface area (Å²) in [5.41, 5.74) is 1.30. The van der Waals surface area contributed by atoms with Crippen LogP contribution in [0.1, 0.15) is 27.6 Å². The molecule has 114 valence electrons. The number of hydrogen-bond acceptors (Lipinski definition) is 3. The summed E-state index contributed by atoms with van der Waals surface area (Å²) < 4.78 is 5.79. The third kappa shape index (κ3) is 4.08. The van der Waals surface area contributed by atoms with Gasteiger partial charge in [-0.2, -0.15) is 0 Å². The highest BCUT2D eigenvalue weighted by molar-refractivity contribution is 9.10. The van der Waals surface area contributed by atoms with Crippen LogP contribution < -0.4 is 5.32 Å². The van der Waals surface area contributed by atoms with Gasteiger partial charge in [0.25, 0.3) is 5.91 Å². The first-order chi connectivity index (χ1) is 10.5. The highest BCUT2D eigenvalue weighted by Crippen LogP contribution is 2.22. The average Bonchev–Trinajstić information content (AvgIpc) is 2.48. The van der Waals surface area contributed by atoms with Gasteiger partial charge < -0.3 is 10.1 Å². The summed E-state index contributed by atoms with van der Waals surface area (Å²) in [5, 5.41) is 2.95. The standard InChI is InChI=1S/C16H13BrClNO3/c1-2-22-16(21)13-8-7-12(9-14(13)18)19-15(20)10-3-5-11(17)6-4-10/h3-9H,2H2,1H3,(H,19,20). The fourth-order valence-corrected chi connectivity index (χ4v) is 2.29. The van der Waals surface area contributed by atoms with E-state index in [4.69, 9.17) is 16.3 Å². The number of nitrogens with one attached hydrogen (secondary N) is 1. The first-order valence-electron chi connectivity index (χ1n) is 6.55. The van der Waals surface area contributed by atoms with Crippen molar-refractivity contribution in [2.75, 3.05) is 11.9 Å². The highest BCUT2D eigenvalue weighted by Gasteiger charge is 2.13. The molecular weight excluding hydrogens is 370 g/mol. The van der Waals surface area contributed by atoms with Gasteiger partial charge in [0, 0.05) is 15.7 Å². The molecule has 0 aliphatic rings. The van der Waals surface area contributed by atoms with E-state index in [0.29, 0.717) is 11.3 Å². The molecule has 0 aliphatic carbocycles. The fraction of sp³-hybridized carbons (Fsp3) is 0.125. The van der Waals surface area contributed by atoms with E-state index in [-0.39, 0.29) is 23.1 Å². The Morgan fingerprint density at radius 2 is 1.86 bits per heavy atom. The summed E-state index contributed by atoms with van der Waals surface area (Å²) in [4.78, 5) is 23.8. The molecule has 0 aliphatic heterocycles. The maximum absolute atomic E-state index is 12.1. The molecule has 0 atom stereocenters. The van der Waals surface area contributed by atoms with Gasteiger partial charge in [-0.3, -0.25) is 4.79 Å². The molecule has 1 amide bonds. The molecule has 0 radical (unpaired) electrons. The highest BCUT2D eigenvalue weighted by atomic mass is 79.9. The number of ether oxygens (including phenoxy) is 1. The van der Waals surface area contributed by atoms with Crippen molar-refractivity contribution in [3.63, 3.8) is 0 Å². The monoisotopic (exact) mass is 381 g/mol. The molecule has 2 aromatic carbocycles. The number of anilines is 1. The molecular formula is C16H13BrClNO3. The van der Waals surface area contributed by atoms with Crippen molar-refractivity contribution in [3.8, 4) is 0 Å². The van der Waals surface area contributed by atoms with E-state index in [1.165, 1.54) is 12.1 Å². The molecule has 0 bridgehead atoms. The molecule has 2 aromatic rings. The number of rotatable bonds is 4. The van der Waals surface area contributed by atoms with E-state index in [9.17, 15) is 9.59 Å². The number of carbonyl (C=O) groups is 2. The lowest BCUT2D eigenvalue weighted by atomic mass is 10.2. The molecule has 6 heteroatoms. The summed E-state index contributed by atoms with van der Waals surface area (Å²) >= 11 is 9.36. The van der Waals surface area contributed by atoms with E-state index in [2.05, 4.69) is 21.2 Å². The van der Waals surface area contributed by atoms with Crippen molar-refractivity contribution < 1.29 is 14.3 Å². The van der Waals surface area contributed by atoms with Crippen molar-refractivity contribution in [1.29, 1.82) is 0 Å². The lowest BCUT2D eigenvalue weighted by molar-refractivity contribution is 0.0526. The molecule has 2 rings (SSSR count). The van der Waals surface area contributed by atoms with Gasteiger partial charge in [-0.05, 0) is 49.4 Å². The largest absolute Gasteiger partial charge is 0.462 e. The molecule has 0 heterocycles. The molecule has 22 heavy (non-hydrogen) atoms. The number of esters is 1. The SMILES string of the molecule is CCOC(=O)c1ccc(NC(=O)c2ccc(Br)cc2)cc1Cl. The Balaban J connectivity index is 2.13. The minimum absolute atomic E-state index is 0.229. The minimum Gasteiger partial charge on any atom is -0.462 e. The fourth-order valence-electron chi connectivity index (χ4n) is 1.77. The maximum atomic E-state index is 12.1. The van der Waals surface area contributed by atoms with Crippen LogP contribution in [0.25, 0.3) is 0 Å². The van der Waals surface area contributed by atoms with Crippen molar-refractivity contribution in [3.05, 3.63) is 63.1 Å². The first kappa shape index (κ1) is 16.5. The van der Waals surface area contributed by atoms with Crippen molar-refractivity contribution in [1.82, 2.24) is 0 Å². The second kappa shape index (κ2) is 7.42. The number of hydrogen-bond donors (Lipinski definition) is 1. The first-order valence-corrected chi connectivity index (χ1v) is 7.72. The summed E-state index contributed by atoms with van der Waals surface area (Å²) in [7, 11) is 0. The second-order valence-corrected chi connectivity index (χ2v) is 5.70. The topological polar surface area (TPSA) is 55.4 Å². The molecule has 0 fully saturated rings. The van der Waals surface area contributed by atoms with Crippen LogP contribution in [0.2, 0.25) is 5.02 Å². The van der Waals surface area contributed by atoms with Gasteiger partial charge in [-0.15, -0.1) is 0 Å². The third-order valence-corrected chi connectivity index (χ3v) is 3.67. The Kier molecular flexibility index (Phi) is 5.57. The summed E-state index contributed by atoms with van der Waals surface area (Å²) in [6.07, 6.45) is 0. The van der Waals surface area contributed by atoms with Crippen LogP contribution in [0.15, 0.2) is 46.9 Å². The van der Waals surface area contributed by atoms with Crippen LogP contribution >= 0.6 is 27.5 Å². The van der Waals surface area contributed by atoms with E-state index in [1.54, 1.807) is 37.3 Å². The molecule has 4 nitrogen and oxygen atoms in total. The molecule has 0 saturated carbocycles. The summed E-state index contributed by atoms with van der Waals surface area (Å²) in [6, 6.07) is 11.6. The third-order valence-electron chi connectivity index (χ3n) is 2.83. The predicted molar refractivity (Wildman–Crippen MR) is 89.5 cm³/mol. The predicted octanol–water partition coefficient (Wildman–Crippen LogP) is 4.53. The Bertz CT molecular complexity index is 701. The van der Waals surface area contributed by atoms with Crippen molar-refractivity contribution in [2.45, 2.75) is 6.92 Å². The number of benzene rings is 2. The normalized spacial score (nSPS) is 10.1. The van der Waals surface area contributed by atoms with Gasteiger partial charge in [0.1, 0.15) is 0 Å². The summed E-state index contributed by atoms with van der Waals surface area (Å²) in [5.74, 6) is -0.745. The average molecular weight is 383 g/mol. The van der Waals surface area contributed by atoms with Crippen LogP contribution in [-0.4, -0.2) is 18.5 Å². The van der Waals surface area contributed by atoms with Crippen LogP contribution in [0, 0.1) is 0 Å². The Labute approximate surface area is 141 Å². The molecule has 0 unspecified atom stereocenters. The Morgan fingerprint density at radius 3 is 2.45 bits per heavy atom. The smallest absolute Gasteiger partial charge is 0.339 e. The van der Waals surface area contributed by atoms with Gasteiger partial charge in [0.2, 0.25) is 0 Å². The van der Waals surface area contributed by atoms with Gasteiger partial charge in [0.15, 0.2) is 0 Å². The lowest BCUT2D eigenvalue weighted by Gasteiger charge is -2.08. The lowest BCUT2D eigenvalue weighted by Crippen LogP contribution is -2.12. The van der Waals surface area contributed by atoms with Gasteiger partial charge in [0.05, 0.1) is 17.2 Å². The van der Waals surface area contributed by atoms with Crippen LogP contribution in [0.5, 0.6) is 0 Å².